The molecule has 0 aliphatic carbocycles. The van der Waals surface area contributed by atoms with Crippen molar-refractivity contribution in [3.05, 3.63) is 29.8 Å². The number of nitrogens with one attached hydrogen (secondary N) is 2. The highest BCUT2D eigenvalue weighted by Gasteiger charge is 2.15. The number of methoxy groups -OCH3 is 1. The second-order valence-corrected chi connectivity index (χ2v) is 5.77. The van der Waals surface area contributed by atoms with Gasteiger partial charge in [0, 0.05) is 33.4 Å². The molecule has 1 atom stereocenters. The zero-order valence-corrected chi connectivity index (χ0v) is 17.5. The molecule has 1 aromatic carbocycles. The van der Waals surface area contributed by atoms with E-state index in [1.165, 1.54) is 0 Å². The third kappa shape index (κ3) is 8.73. The summed E-state index contributed by atoms with van der Waals surface area (Å²) in [6.07, 6.45) is 3.53. The van der Waals surface area contributed by atoms with Crippen LogP contribution in [-0.4, -0.2) is 52.5 Å². The molecule has 2 N–H and O–H groups in total. The SMILES string of the molecule is CN=C(NCCCOCc1ccc(OC)cc1)NCC1CCCO1.I. The van der Waals surface area contributed by atoms with Gasteiger partial charge in [0.05, 0.1) is 19.8 Å². The van der Waals surface area contributed by atoms with Crippen LogP contribution in [0.1, 0.15) is 24.8 Å². The number of halogens is 1. The quantitative estimate of drug-likeness (QED) is 0.255. The average Bonchev–Trinajstić information content (AvgIpc) is 3.14. The minimum Gasteiger partial charge on any atom is -0.497 e. The van der Waals surface area contributed by atoms with Gasteiger partial charge in [-0.15, -0.1) is 24.0 Å². The number of guanidine groups is 1. The van der Waals surface area contributed by atoms with Gasteiger partial charge in [0.15, 0.2) is 5.96 Å². The number of aliphatic imine (C=N–C) groups is 1. The van der Waals surface area contributed by atoms with E-state index in [2.05, 4.69) is 15.6 Å². The van der Waals surface area contributed by atoms with Gasteiger partial charge in [-0.3, -0.25) is 4.99 Å². The van der Waals surface area contributed by atoms with E-state index in [4.69, 9.17) is 14.2 Å². The molecule has 1 heterocycles. The monoisotopic (exact) mass is 463 g/mol. The summed E-state index contributed by atoms with van der Waals surface area (Å²) in [5.74, 6) is 1.69. The highest BCUT2D eigenvalue weighted by Crippen LogP contribution is 2.12. The van der Waals surface area contributed by atoms with Crippen LogP contribution < -0.4 is 15.4 Å². The Hall–Kier alpha value is -1.06. The smallest absolute Gasteiger partial charge is 0.191 e. The van der Waals surface area contributed by atoms with Gasteiger partial charge in [-0.25, -0.2) is 0 Å². The van der Waals surface area contributed by atoms with Crippen LogP contribution in [0.3, 0.4) is 0 Å². The van der Waals surface area contributed by atoms with Gasteiger partial charge in [0.1, 0.15) is 5.75 Å². The van der Waals surface area contributed by atoms with Gasteiger partial charge in [-0.1, -0.05) is 12.1 Å². The molecule has 7 heteroatoms. The fourth-order valence-corrected chi connectivity index (χ4v) is 2.53. The van der Waals surface area contributed by atoms with Crippen LogP contribution in [0.2, 0.25) is 0 Å². The number of rotatable bonds is 9. The Bertz CT molecular complexity index is 491. The van der Waals surface area contributed by atoms with Crippen molar-refractivity contribution in [3.63, 3.8) is 0 Å². The van der Waals surface area contributed by atoms with Crippen LogP contribution >= 0.6 is 24.0 Å². The van der Waals surface area contributed by atoms with Crippen molar-refractivity contribution in [2.45, 2.75) is 32.0 Å². The minimum atomic E-state index is 0. The maximum atomic E-state index is 5.69. The lowest BCUT2D eigenvalue weighted by molar-refractivity contribution is 0.113. The average molecular weight is 463 g/mol. The molecule has 6 nitrogen and oxygen atoms in total. The molecule has 1 aliphatic rings. The molecule has 0 spiro atoms. The standard InChI is InChI=1S/C18H29N3O3.HI/c1-19-18(21-13-17-5-3-12-24-17)20-10-4-11-23-14-15-6-8-16(22-2)9-7-15;/h6-9,17H,3-5,10-14H2,1-2H3,(H2,19,20,21);1H. The van der Waals surface area contributed by atoms with E-state index in [0.717, 1.165) is 56.2 Å². The van der Waals surface area contributed by atoms with Crippen LogP contribution in [0.4, 0.5) is 0 Å². The molecule has 0 amide bonds. The number of hydrogen-bond acceptors (Lipinski definition) is 4. The van der Waals surface area contributed by atoms with Gasteiger partial charge < -0.3 is 24.8 Å². The van der Waals surface area contributed by atoms with E-state index in [0.29, 0.717) is 19.3 Å². The molecule has 0 aromatic heterocycles. The summed E-state index contributed by atoms with van der Waals surface area (Å²) >= 11 is 0. The lowest BCUT2D eigenvalue weighted by Gasteiger charge is -2.15. The minimum absolute atomic E-state index is 0. The molecule has 25 heavy (non-hydrogen) atoms. The molecule has 1 aromatic rings. The van der Waals surface area contributed by atoms with E-state index in [-0.39, 0.29) is 24.0 Å². The number of nitrogens with zero attached hydrogens (tertiary/aromatic N) is 1. The van der Waals surface area contributed by atoms with E-state index in [1.807, 2.05) is 24.3 Å². The van der Waals surface area contributed by atoms with Crippen LogP contribution in [0.15, 0.2) is 29.3 Å². The van der Waals surface area contributed by atoms with Crippen molar-refractivity contribution in [2.75, 3.05) is 40.5 Å². The third-order valence-corrected chi connectivity index (χ3v) is 3.93. The first-order valence-corrected chi connectivity index (χ1v) is 8.58. The second-order valence-electron chi connectivity index (χ2n) is 5.77. The summed E-state index contributed by atoms with van der Waals surface area (Å²) in [4.78, 5) is 4.22. The largest absolute Gasteiger partial charge is 0.497 e. The van der Waals surface area contributed by atoms with Crippen LogP contribution in [-0.2, 0) is 16.1 Å². The van der Waals surface area contributed by atoms with Crippen molar-refractivity contribution in [2.24, 2.45) is 4.99 Å². The zero-order chi connectivity index (χ0) is 17.0. The van der Waals surface area contributed by atoms with Crippen LogP contribution in [0.25, 0.3) is 0 Å². The summed E-state index contributed by atoms with van der Waals surface area (Å²) in [6, 6.07) is 7.94. The van der Waals surface area contributed by atoms with Crippen molar-refractivity contribution in [1.29, 1.82) is 0 Å². The maximum absolute atomic E-state index is 5.69. The first-order chi connectivity index (χ1) is 11.8. The molecule has 0 saturated carbocycles. The van der Waals surface area contributed by atoms with E-state index in [9.17, 15) is 0 Å². The second kappa shape index (κ2) is 13.2. The predicted octanol–water partition coefficient (Wildman–Crippen LogP) is 2.56. The van der Waals surface area contributed by atoms with Crippen molar-refractivity contribution < 1.29 is 14.2 Å². The lowest BCUT2D eigenvalue weighted by atomic mass is 10.2. The number of hydrogen-bond donors (Lipinski definition) is 2. The Morgan fingerprint density at radius 1 is 1.28 bits per heavy atom. The Morgan fingerprint density at radius 2 is 2.08 bits per heavy atom. The molecule has 142 valence electrons. The Balaban J connectivity index is 0.00000312. The first-order valence-electron chi connectivity index (χ1n) is 8.58. The van der Waals surface area contributed by atoms with Gasteiger partial charge >= 0.3 is 0 Å². The van der Waals surface area contributed by atoms with Gasteiger partial charge in [0.25, 0.3) is 0 Å². The Labute approximate surface area is 167 Å². The summed E-state index contributed by atoms with van der Waals surface area (Å²) in [5, 5.41) is 6.59. The molecule has 1 aliphatic heterocycles. The summed E-state index contributed by atoms with van der Waals surface area (Å²) in [6.45, 7) is 3.85. The topological polar surface area (TPSA) is 64.1 Å². The molecule has 1 fully saturated rings. The Kier molecular flexibility index (Phi) is 11.6. The molecular weight excluding hydrogens is 433 g/mol. The fourth-order valence-electron chi connectivity index (χ4n) is 2.53. The van der Waals surface area contributed by atoms with E-state index >= 15 is 0 Å². The number of benzene rings is 1. The van der Waals surface area contributed by atoms with Crippen LogP contribution in [0, 0.1) is 0 Å². The van der Waals surface area contributed by atoms with E-state index in [1.54, 1.807) is 14.2 Å². The van der Waals surface area contributed by atoms with Crippen LogP contribution in [0.5, 0.6) is 5.75 Å². The predicted molar refractivity (Wildman–Crippen MR) is 111 cm³/mol. The van der Waals surface area contributed by atoms with Gasteiger partial charge in [0.2, 0.25) is 0 Å². The van der Waals surface area contributed by atoms with Gasteiger partial charge in [-0.05, 0) is 37.0 Å². The first kappa shape index (κ1) is 22.0. The zero-order valence-electron chi connectivity index (χ0n) is 15.1. The van der Waals surface area contributed by atoms with E-state index < -0.39 is 0 Å². The maximum Gasteiger partial charge on any atom is 0.191 e. The fraction of sp³-hybridized carbons (Fsp3) is 0.611. The molecule has 2 rings (SSSR count). The molecular formula is C18H30IN3O3. The third-order valence-electron chi connectivity index (χ3n) is 3.93. The highest BCUT2D eigenvalue weighted by atomic mass is 127. The summed E-state index contributed by atoms with van der Waals surface area (Å²) in [7, 11) is 3.45. The van der Waals surface area contributed by atoms with Crippen molar-refractivity contribution in [1.82, 2.24) is 10.6 Å². The molecule has 1 saturated heterocycles. The molecule has 1 unspecified atom stereocenters. The lowest BCUT2D eigenvalue weighted by Crippen LogP contribution is -2.41. The molecule has 0 bridgehead atoms. The van der Waals surface area contributed by atoms with Crippen molar-refractivity contribution >= 4 is 29.9 Å². The summed E-state index contributed by atoms with van der Waals surface area (Å²) in [5.41, 5.74) is 1.15. The normalized spacial score (nSPS) is 17.0. The Morgan fingerprint density at radius 3 is 2.72 bits per heavy atom. The molecule has 0 radical (unpaired) electrons. The summed E-state index contributed by atoms with van der Waals surface area (Å²) < 4.78 is 16.4. The number of ether oxygens (including phenoxy) is 3. The van der Waals surface area contributed by atoms with Crippen molar-refractivity contribution in [3.8, 4) is 5.75 Å². The van der Waals surface area contributed by atoms with Gasteiger partial charge in [-0.2, -0.15) is 0 Å². The highest BCUT2D eigenvalue weighted by molar-refractivity contribution is 14.0.